The van der Waals surface area contributed by atoms with Gasteiger partial charge in [0.25, 0.3) is 5.91 Å². The van der Waals surface area contributed by atoms with Gasteiger partial charge in [-0.2, -0.15) is 0 Å². The van der Waals surface area contributed by atoms with Crippen LogP contribution in [0.5, 0.6) is 0 Å². The molecule has 5 nitrogen and oxygen atoms in total. The van der Waals surface area contributed by atoms with E-state index in [4.69, 9.17) is 10.5 Å². The highest BCUT2D eigenvalue weighted by Gasteiger charge is 2.29. The molecule has 0 aliphatic carbocycles. The minimum absolute atomic E-state index is 0.0369. The Kier molecular flexibility index (Phi) is 3.88. The maximum Gasteiger partial charge on any atom is 0.257 e. The maximum absolute atomic E-state index is 13.5. The number of rotatable bonds is 2. The molecule has 2 heterocycles. The first kappa shape index (κ1) is 12.9. The zero-order valence-electron chi connectivity index (χ0n) is 10.2. The number of halogens is 1. The largest absolute Gasteiger partial charge is 0.370 e. The molecular weight excluding hydrogens is 237 g/mol. The molecule has 0 radical (unpaired) electrons. The second kappa shape index (κ2) is 5.41. The number of ether oxygens (including phenoxy) is 1. The lowest BCUT2D eigenvalue weighted by atomic mass is 10.1. The topological polar surface area (TPSA) is 68.5 Å². The SMILES string of the molecule is CC1CN(C(=O)c2ccncc2F)CC(CN)O1. The van der Waals surface area contributed by atoms with Gasteiger partial charge in [-0.15, -0.1) is 0 Å². The van der Waals surface area contributed by atoms with Crippen molar-refractivity contribution in [1.29, 1.82) is 0 Å². The van der Waals surface area contributed by atoms with E-state index in [0.29, 0.717) is 19.6 Å². The van der Waals surface area contributed by atoms with Crippen LogP contribution in [-0.4, -0.2) is 47.6 Å². The Bertz CT molecular complexity index is 441. The monoisotopic (exact) mass is 253 g/mol. The molecule has 1 saturated heterocycles. The highest BCUT2D eigenvalue weighted by atomic mass is 19.1. The molecule has 2 unspecified atom stereocenters. The average Bonchev–Trinajstić information content (AvgIpc) is 2.37. The van der Waals surface area contributed by atoms with Gasteiger partial charge in [-0.05, 0) is 13.0 Å². The number of carbonyl (C=O) groups excluding carboxylic acids is 1. The fraction of sp³-hybridized carbons (Fsp3) is 0.500. The van der Waals surface area contributed by atoms with E-state index in [-0.39, 0.29) is 23.7 Å². The lowest BCUT2D eigenvalue weighted by Crippen LogP contribution is -2.51. The summed E-state index contributed by atoms with van der Waals surface area (Å²) in [6.07, 6.45) is 2.15. The van der Waals surface area contributed by atoms with E-state index < -0.39 is 5.82 Å². The lowest BCUT2D eigenvalue weighted by molar-refractivity contribution is -0.0626. The molecule has 1 aliphatic rings. The molecular formula is C12H16FN3O2. The van der Waals surface area contributed by atoms with Crippen LogP contribution in [0.3, 0.4) is 0 Å². The van der Waals surface area contributed by atoms with Crippen LogP contribution in [0.2, 0.25) is 0 Å². The third-order valence-electron chi connectivity index (χ3n) is 2.88. The summed E-state index contributed by atoms with van der Waals surface area (Å²) >= 11 is 0. The van der Waals surface area contributed by atoms with Gasteiger partial charge in [-0.1, -0.05) is 0 Å². The molecule has 0 aromatic carbocycles. The minimum atomic E-state index is -0.606. The molecule has 1 fully saturated rings. The van der Waals surface area contributed by atoms with E-state index >= 15 is 0 Å². The molecule has 0 saturated carbocycles. The van der Waals surface area contributed by atoms with E-state index in [0.717, 1.165) is 6.20 Å². The molecule has 1 aromatic heterocycles. The summed E-state index contributed by atoms with van der Waals surface area (Å²) in [4.78, 5) is 17.4. The average molecular weight is 253 g/mol. The van der Waals surface area contributed by atoms with Crippen molar-refractivity contribution in [3.05, 3.63) is 29.8 Å². The Morgan fingerprint density at radius 1 is 1.67 bits per heavy atom. The van der Waals surface area contributed by atoms with Crippen molar-refractivity contribution < 1.29 is 13.9 Å². The van der Waals surface area contributed by atoms with Gasteiger partial charge in [0, 0.05) is 25.8 Å². The number of hydrogen-bond acceptors (Lipinski definition) is 4. The number of amides is 1. The van der Waals surface area contributed by atoms with Crippen LogP contribution in [0.15, 0.2) is 18.5 Å². The first-order chi connectivity index (χ1) is 8.61. The second-order valence-corrected chi connectivity index (χ2v) is 4.37. The zero-order chi connectivity index (χ0) is 13.1. The van der Waals surface area contributed by atoms with Crippen molar-refractivity contribution in [3.63, 3.8) is 0 Å². The quantitative estimate of drug-likeness (QED) is 0.829. The van der Waals surface area contributed by atoms with Crippen molar-refractivity contribution in [2.45, 2.75) is 19.1 Å². The molecule has 2 rings (SSSR count). The summed E-state index contributed by atoms with van der Waals surface area (Å²) in [5.74, 6) is -0.950. The Morgan fingerprint density at radius 2 is 2.44 bits per heavy atom. The molecule has 1 aliphatic heterocycles. The first-order valence-electron chi connectivity index (χ1n) is 5.86. The smallest absolute Gasteiger partial charge is 0.257 e. The number of aromatic nitrogens is 1. The summed E-state index contributed by atoms with van der Waals surface area (Å²) in [5.41, 5.74) is 5.59. The van der Waals surface area contributed by atoms with Crippen molar-refractivity contribution in [2.75, 3.05) is 19.6 Å². The first-order valence-corrected chi connectivity index (χ1v) is 5.86. The number of nitrogens with two attached hydrogens (primary N) is 1. The number of carbonyl (C=O) groups is 1. The van der Waals surface area contributed by atoms with Crippen LogP contribution in [0, 0.1) is 5.82 Å². The fourth-order valence-corrected chi connectivity index (χ4v) is 2.06. The normalized spacial score (nSPS) is 24.1. The maximum atomic E-state index is 13.5. The van der Waals surface area contributed by atoms with E-state index in [2.05, 4.69) is 4.98 Å². The highest BCUT2D eigenvalue weighted by molar-refractivity contribution is 5.94. The number of hydrogen-bond donors (Lipinski definition) is 1. The number of nitrogens with zero attached hydrogens (tertiary/aromatic N) is 2. The number of morpholine rings is 1. The van der Waals surface area contributed by atoms with Gasteiger partial charge in [0.05, 0.1) is 24.0 Å². The third-order valence-corrected chi connectivity index (χ3v) is 2.88. The van der Waals surface area contributed by atoms with Crippen molar-refractivity contribution in [3.8, 4) is 0 Å². The number of pyridine rings is 1. The molecule has 98 valence electrons. The van der Waals surface area contributed by atoms with Crippen molar-refractivity contribution in [2.24, 2.45) is 5.73 Å². The molecule has 6 heteroatoms. The molecule has 1 amide bonds. The van der Waals surface area contributed by atoms with E-state index in [9.17, 15) is 9.18 Å². The predicted molar refractivity (Wildman–Crippen MR) is 63.5 cm³/mol. The van der Waals surface area contributed by atoms with E-state index in [1.165, 1.54) is 12.3 Å². The zero-order valence-corrected chi connectivity index (χ0v) is 10.2. The van der Waals surface area contributed by atoms with Gasteiger partial charge in [0.15, 0.2) is 5.82 Å². The Hall–Kier alpha value is -1.53. The molecule has 2 N–H and O–H groups in total. The van der Waals surface area contributed by atoms with Gasteiger partial charge < -0.3 is 15.4 Å². The second-order valence-electron chi connectivity index (χ2n) is 4.37. The van der Waals surface area contributed by atoms with Crippen LogP contribution in [0.25, 0.3) is 0 Å². The van der Waals surface area contributed by atoms with Gasteiger partial charge >= 0.3 is 0 Å². The molecule has 0 bridgehead atoms. The van der Waals surface area contributed by atoms with Crippen LogP contribution in [0.1, 0.15) is 17.3 Å². The minimum Gasteiger partial charge on any atom is -0.370 e. The molecule has 1 aromatic rings. The Labute approximate surface area is 105 Å². The predicted octanol–water partition coefficient (Wildman–Crippen LogP) is 0.409. The Morgan fingerprint density at radius 3 is 3.11 bits per heavy atom. The summed E-state index contributed by atoms with van der Waals surface area (Å²) in [5, 5.41) is 0. The molecule has 2 atom stereocenters. The van der Waals surface area contributed by atoms with Crippen LogP contribution in [-0.2, 0) is 4.74 Å². The lowest BCUT2D eigenvalue weighted by Gasteiger charge is -2.36. The molecule has 18 heavy (non-hydrogen) atoms. The van der Waals surface area contributed by atoms with Crippen molar-refractivity contribution >= 4 is 5.91 Å². The van der Waals surface area contributed by atoms with E-state index in [1.54, 1.807) is 4.90 Å². The summed E-state index contributed by atoms with van der Waals surface area (Å²) < 4.78 is 19.1. The summed E-state index contributed by atoms with van der Waals surface area (Å²) in [7, 11) is 0. The van der Waals surface area contributed by atoms with Gasteiger partial charge in [0.1, 0.15) is 0 Å². The standard InChI is InChI=1S/C12H16FN3O2/c1-8-6-16(7-9(4-14)18-8)12(17)10-2-3-15-5-11(10)13/h2-3,5,8-9H,4,6-7,14H2,1H3. The van der Waals surface area contributed by atoms with Gasteiger partial charge in [-0.3, -0.25) is 9.78 Å². The summed E-state index contributed by atoms with van der Waals surface area (Å²) in [6, 6.07) is 1.38. The third kappa shape index (κ3) is 2.65. The van der Waals surface area contributed by atoms with Crippen LogP contribution in [0.4, 0.5) is 4.39 Å². The fourth-order valence-electron chi connectivity index (χ4n) is 2.06. The van der Waals surface area contributed by atoms with Crippen LogP contribution < -0.4 is 5.73 Å². The Balaban J connectivity index is 2.16. The van der Waals surface area contributed by atoms with Gasteiger partial charge in [0.2, 0.25) is 0 Å². The van der Waals surface area contributed by atoms with E-state index in [1.807, 2.05) is 6.92 Å². The van der Waals surface area contributed by atoms with Gasteiger partial charge in [-0.25, -0.2) is 4.39 Å². The summed E-state index contributed by atoms with van der Waals surface area (Å²) in [6.45, 7) is 3.04. The highest BCUT2D eigenvalue weighted by Crippen LogP contribution is 2.15. The van der Waals surface area contributed by atoms with Crippen molar-refractivity contribution in [1.82, 2.24) is 9.88 Å². The molecule has 0 spiro atoms. The van der Waals surface area contributed by atoms with Crippen LogP contribution >= 0.6 is 0 Å².